The van der Waals surface area contributed by atoms with Gasteiger partial charge in [0.15, 0.2) is 23.0 Å². The summed E-state index contributed by atoms with van der Waals surface area (Å²) < 4.78 is 21.9. The molecule has 0 fully saturated rings. The summed E-state index contributed by atoms with van der Waals surface area (Å²) >= 11 is 0. The molecule has 2 aliphatic rings. The first kappa shape index (κ1) is 15.9. The summed E-state index contributed by atoms with van der Waals surface area (Å²) in [4.78, 5) is 0. The van der Waals surface area contributed by atoms with Gasteiger partial charge in [0.05, 0.1) is 7.11 Å². The smallest absolute Gasteiger partial charge is 0.231 e. The molecule has 0 unspecified atom stereocenters. The Kier molecular flexibility index (Phi) is 3.47. The van der Waals surface area contributed by atoms with Gasteiger partial charge in [-0.05, 0) is 12.1 Å². The lowest BCUT2D eigenvalue weighted by Crippen LogP contribution is -2.45. The van der Waals surface area contributed by atoms with Gasteiger partial charge in [-0.15, -0.1) is 0 Å². The molecule has 0 aliphatic carbocycles. The molecular formula is C19H20O6. The number of aromatic hydroxyl groups is 1. The number of benzene rings is 2. The number of para-hydroxylation sites is 1. The number of methoxy groups -OCH3 is 1. The van der Waals surface area contributed by atoms with E-state index in [1.807, 2.05) is 25.1 Å². The fraction of sp³-hybridized carbons (Fsp3) is 0.368. The van der Waals surface area contributed by atoms with E-state index in [1.165, 1.54) is 7.11 Å². The predicted molar refractivity (Wildman–Crippen MR) is 89.5 cm³/mol. The molecule has 0 radical (unpaired) electrons. The first-order valence-corrected chi connectivity index (χ1v) is 8.13. The molecule has 25 heavy (non-hydrogen) atoms. The number of phenols is 1. The van der Waals surface area contributed by atoms with Crippen LogP contribution in [-0.2, 0) is 0 Å². The highest BCUT2D eigenvalue weighted by atomic mass is 16.7. The van der Waals surface area contributed by atoms with Crippen LogP contribution in [0.5, 0.6) is 28.7 Å². The maximum atomic E-state index is 10.8. The molecule has 6 nitrogen and oxygen atoms in total. The topological polar surface area (TPSA) is 77.4 Å². The number of aliphatic hydroxyl groups is 1. The summed E-state index contributed by atoms with van der Waals surface area (Å²) in [5.74, 6) is 0.143. The van der Waals surface area contributed by atoms with Crippen LogP contribution in [0.3, 0.4) is 0 Å². The van der Waals surface area contributed by atoms with Crippen molar-refractivity contribution in [3.63, 3.8) is 0 Å². The molecule has 2 aromatic rings. The summed E-state index contributed by atoms with van der Waals surface area (Å²) in [5.41, 5.74) is 1.49. The zero-order valence-electron chi connectivity index (χ0n) is 14.3. The molecule has 0 spiro atoms. The first-order valence-electron chi connectivity index (χ1n) is 8.13. The van der Waals surface area contributed by atoms with Gasteiger partial charge in [-0.25, -0.2) is 0 Å². The standard InChI is InChI=1S/C19H20O6/c1-10-17(11-5-4-6-13(22-3)18(11)20)12-7-15-16(24-9-23-15)8-14(12)25-19(10,2)21/h4-8,10,17,20-21H,9H2,1-3H3/t10-,17-,19-/m1/s1. The van der Waals surface area contributed by atoms with E-state index in [9.17, 15) is 10.2 Å². The molecular weight excluding hydrogens is 324 g/mol. The normalized spacial score (nSPS) is 26.7. The van der Waals surface area contributed by atoms with Gasteiger partial charge in [0, 0.05) is 36.0 Å². The second kappa shape index (κ2) is 5.46. The van der Waals surface area contributed by atoms with E-state index < -0.39 is 5.79 Å². The molecule has 2 N–H and O–H groups in total. The van der Waals surface area contributed by atoms with Crippen molar-refractivity contribution in [2.45, 2.75) is 25.6 Å². The van der Waals surface area contributed by atoms with Crippen molar-refractivity contribution in [2.24, 2.45) is 5.92 Å². The van der Waals surface area contributed by atoms with Crippen LogP contribution in [0.2, 0.25) is 0 Å². The van der Waals surface area contributed by atoms with Gasteiger partial charge < -0.3 is 29.2 Å². The Labute approximate surface area is 145 Å². The van der Waals surface area contributed by atoms with Gasteiger partial charge in [-0.3, -0.25) is 0 Å². The Morgan fingerprint density at radius 3 is 2.56 bits per heavy atom. The molecule has 0 saturated heterocycles. The third kappa shape index (κ3) is 2.36. The van der Waals surface area contributed by atoms with E-state index >= 15 is 0 Å². The molecule has 0 bridgehead atoms. The minimum absolute atomic E-state index is 0.0585. The van der Waals surface area contributed by atoms with Crippen molar-refractivity contribution in [1.29, 1.82) is 0 Å². The van der Waals surface area contributed by atoms with E-state index in [0.717, 1.165) is 5.56 Å². The molecule has 2 aromatic carbocycles. The number of phenolic OH excluding ortho intramolecular Hbond substituents is 1. The molecule has 0 amide bonds. The van der Waals surface area contributed by atoms with Crippen LogP contribution in [0.4, 0.5) is 0 Å². The van der Waals surface area contributed by atoms with Crippen molar-refractivity contribution >= 4 is 0 Å². The Bertz CT molecular complexity index is 829. The second-order valence-electron chi connectivity index (χ2n) is 6.56. The minimum Gasteiger partial charge on any atom is -0.504 e. The van der Waals surface area contributed by atoms with E-state index in [-0.39, 0.29) is 24.4 Å². The lowest BCUT2D eigenvalue weighted by Gasteiger charge is -2.42. The van der Waals surface area contributed by atoms with Crippen LogP contribution in [0.1, 0.15) is 30.9 Å². The number of hydrogen-bond acceptors (Lipinski definition) is 6. The van der Waals surface area contributed by atoms with Crippen LogP contribution in [0.15, 0.2) is 30.3 Å². The quantitative estimate of drug-likeness (QED) is 0.872. The Hall–Kier alpha value is -2.60. The largest absolute Gasteiger partial charge is 0.504 e. The van der Waals surface area contributed by atoms with Crippen molar-refractivity contribution in [1.82, 2.24) is 0 Å². The van der Waals surface area contributed by atoms with Gasteiger partial charge in [0.2, 0.25) is 12.6 Å². The Morgan fingerprint density at radius 2 is 1.84 bits per heavy atom. The third-order valence-electron chi connectivity index (χ3n) is 5.09. The zero-order chi connectivity index (χ0) is 17.8. The molecule has 132 valence electrons. The molecule has 0 aromatic heterocycles. The van der Waals surface area contributed by atoms with Crippen LogP contribution in [0.25, 0.3) is 0 Å². The van der Waals surface area contributed by atoms with Crippen molar-refractivity contribution in [3.8, 4) is 28.7 Å². The van der Waals surface area contributed by atoms with Crippen molar-refractivity contribution < 1.29 is 29.2 Å². The van der Waals surface area contributed by atoms with E-state index in [4.69, 9.17) is 18.9 Å². The molecule has 4 rings (SSSR count). The summed E-state index contributed by atoms with van der Waals surface area (Å²) in [7, 11) is 1.51. The summed E-state index contributed by atoms with van der Waals surface area (Å²) in [6, 6.07) is 8.92. The SMILES string of the molecule is COc1cccc([C@@H]2c3cc4c(cc3O[C@@](C)(O)[C@@H]2C)OCO4)c1O. The Balaban J connectivity index is 1.93. The number of ether oxygens (including phenoxy) is 4. The number of fused-ring (bicyclic) bond motifs is 2. The summed E-state index contributed by atoms with van der Waals surface area (Å²) in [6.07, 6.45) is 0. The average Bonchev–Trinajstić information content (AvgIpc) is 3.02. The second-order valence-corrected chi connectivity index (χ2v) is 6.56. The average molecular weight is 344 g/mol. The van der Waals surface area contributed by atoms with Crippen LogP contribution >= 0.6 is 0 Å². The van der Waals surface area contributed by atoms with E-state index in [2.05, 4.69) is 0 Å². The third-order valence-corrected chi connectivity index (χ3v) is 5.09. The summed E-state index contributed by atoms with van der Waals surface area (Å²) in [5, 5.41) is 21.4. The molecule has 0 saturated carbocycles. The fourth-order valence-electron chi connectivity index (χ4n) is 3.56. The van der Waals surface area contributed by atoms with Crippen molar-refractivity contribution in [3.05, 3.63) is 41.5 Å². The zero-order valence-corrected chi connectivity index (χ0v) is 14.3. The lowest BCUT2D eigenvalue weighted by atomic mass is 9.75. The highest BCUT2D eigenvalue weighted by Crippen LogP contribution is 2.53. The van der Waals surface area contributed by atoms with Crippen molar-refractivity contribution in [2.75, 3.05) is 13.9 Å². The maximum Gasteiger partial charge on any atom is 0.231 e. The van der Waals surface area contributed by atoms with Crippen LogP contribution in [-0.4, -0.2) is 29.9 Å². The van der Waals surface area contributed by atoms with Gasteiger partial charge >= 0.3 is 0 Å². The maximum absolute atomic E-state index is 10.8. The molecule has 3 atom stereocenters. The predicted octanol–water partition coefficient (Wildman–Crippen LogP) is 3.00. The number of hydrogen-bond donors (Lipinski definition) is 2. The fourth-order valence-corrected chi connectivity index (χ4v) is 3.56. The van der Waals surface area contributed by atoms with E-state index in [0.29, 0.717) is 28.6 Å². The molecule has 2 aliphatic heterocycles. The minimum atomic E-state index is -1.40. The van der Waals surface area contributed by atoms with Gasteiger partial charge in [-0.1, -0.05) is 19.1 Å². The van der Waals surface area contributed by atoms with Gasteiger partial charge in [0.1, 0.15) is 5.75 Å². The lowest BCUT2D eigenvalue weighted by molar-refractivity contribution is -0.171. The highest BCUT2D eigenvalue weighted by Gasteiger charge is 2.45. The number of rotatable bonds is 2. The Morgan fingerprint density at radius 1 is 1.12 bits per heavy atom. The summed E-state index contributed by atoms with van der Waals surface area (Å²) in [6.45, 7) is 3.66. The van der Waals surface area contributed by atoms with Gasteiger partial charge in [0.25, 0.3) is 0 Å². The monoisotopic (exact) mass is 344 g/mol. The van der Waals surface area contributed by atoms with Crippen LogP contribution < -0.4 is 18.9 Å². The molecule has 6 heteroatoms. The first-order chi connectivity index (χ1) is 11.9. The van der Waals surface area contributed by atoms with E-state index in [1.54, 1.807) is 19.1 Å². The van der Waals surface area contributed by atoms with Gasteiger partial charge in [-0.2, -0.15) is 0 Å². The molecule has 2 heterocycles. The highest BCUT2D eigenvalue weighted by molar-refractivity contribution is 5.59. The van der Waals surface area contributed by atoms with Crippen LogP contribution in [0, 0.1) is 5.92 Å².